The summed E-state index contributed by atoms with van der Waals surface area (Å²) >= 11 is 0. The van der Waals surface area contributed by atoms with Crippen LogP contribution in [-0.4, -0.2) is 13.1 Å². The molecule has 1 rings (SSSR count). The molecule has 0 saturated heterocycles. The van der Waals surface area contributed by atoms with Gasteiger partial charge in [0.15, 0.2) is 0 Å². The van der Waals surface area contributed by atoms with Gasteiger partial charge in [-0.1, -0.05) is 6.58 Å². The van der Waals surface area contributed by atoms with Crippen LogP contribution in [0, 0.1) is 0 Å². The molecule has 1 N–H and O–H groups in total. The Balaban J connectivity index is 2.99. The molecular formula is C2H6N3P3. The van der Waals surface area contributed by atoms with Gasteiger partial charge in [-0.05, 0) is 0 Å². The SMILES string of the molecule is C=Cn1[pH]np[nH][pH]1. The molecule has 0 saturated carbocycles. The number of nitrogens with zero attached hydrogens (tertiary/aromatic N) is 2. The van der Waals surface area contributed by atoms with Crippen LogP contribution in [0.1, 0.15) is 0 Å². The zero-order valence-electron chi connectivity index (χ0n) is 4.13. The smallest absolute Gasteiger partial charge is 0.138 e. The molecule has 1 aromatic heterocycles. The van der Waals surface area contributed by atoms with Crippen molar-refractivity contribution < 1.29 is 0 Å². The average molecular weight is 165 g/mol. The first-order valence-electron chi connectivity index (χ1n) is 2.01. The van der Waals surface area contributed by atoms with Crippen LogP contribution >= 0.6 is 25.5 Å². The Morgan fingerprint density at radius 3 is 3.12 bits per heavy atom. The quantitative estimate of drug-likeness (QED) is 0.678. The largest absolute Gasteiger partial charge is 0.301 e. The highest BCUT2D eigenvalue weighted by Crippen LogP contribution is 2.10. The lowest BCUT2D eigenvalue weighted by atomic mass is 11.1. The lowest BCUT2D eigenvalue weighted by molar-refractivity contribution is 1.48. The van der Waals surface area contributed by atoms with Gasteiger partial charge >= 0.3 is 0 Å². The van der Waals surface area contributed by atoms with Gasteiger partial charge < -0.3 is 4.51 Å². The number of aromatic nitrogens is 3. The first kappa shape index (κ1) is 6.16. The molecule has 1 aromatic rings. The fourth-order valence-electron chi connectivity index (χ4n) is 0.283. The average Bonchev–Trinajstić information content (AvgIpc) is 1.90. The zero-order chi connectivity index (χ0) is 5.82. The normalized spacial score (nSPS) is 11.5. The van der Waals surface area contributed by atoms with Crippen LogP contribution in [0.25, 0.3) is 6.20 Å². The van der Waals surface area contributed by atoms with Gasteiger partial charge in [0.05, 0.1) is 0 Å². The lowest BCUT2D eigenvalue weighted by Gasteiger charge is -1.91. The molecule has 0 aliphatic carbocycles. The summed E-state index contributed by atoms with van der Waals surface area (Å²) in [5.74, 6) is 0. The first-order chi connectivity index (χ1) is 3.93. The topological polar surface area (TPSA) is 33.6 Å². The van der Waals surface area contributed by atoms with Crippen molar-refractivity contribution in [2.75, 3.05) is 0 Å². The van der Waals surface area contributed by atoms with Crippen molar-refractivity contribution in [3.63, 3.8) is 0 Å². The summed E-state index contributed by atoms with van der Waals surface area (Å²) in [6.07, 6.45) is 1.81. The molecule has 0 amide bonds. The predicted molar refractivity (Wildman–Crippen MR) is 42.1 cm³/mol. The molecule has 0 aliphatic rings. The molecule has 0 bridgehead atoms. The summed E-state index contributed by atoms with van der Waals surface area (Å²) in [5, 5.41) is 0. The molecule has 2 atom stereocenters. The van der Waals surface area contributed by atoms with Crippen LogP contribution in [0.5, 0.6) is 0 Å². The molecule has 0 aromatic carbocycles. The molecule has 6 heteroatoms. The molecule has 0 radical (unpaired) electrons. The highest BCUT2D eigenvalue weighted by Gasteiger charge is 1.70. The van der Waals surface area contributed by atoms with E-state index in [-0.39, 0.29) is 0 Å². The van der Waals surface area contributed by atoms with Gasteiger partial charge in [0.25, 0.3) is 0 Å². The number of aromatic amines is 1. The Labute approximate surface area is 52.2 Å². The van der Waals surface area contributed by atoms with E-state index in [9.17, 15) is 0 Å². The van der Waals surface area contributed by atoms with Crippen LogP contribution in [0.3, 0.4) is 0 Å². The van der Waals surface area contributed by atoms with Crippen molar-refractivity contribution in [3.8, 4) is 0 Å². The summed E-state index contributed by atoms with van der Waals surface area (Å²) in [7, 11) is 2.25. The third-order valence-electron chi connectivity index (χ3n) is 0.605. The molecular weight excluding hydrogens is 159 g/mol. The molecule has 0 fully saturated rings. The first-order valence-corrected chi connectivity index (χ1v) is 4.70. The monoisotopic (exact) mass is 165 g/mol. The zero-order valence-corrected chi connectivity index (χ0v) is 7.02. The maximum Gasteiger partial charge on any atom is 0.138 e. The predicted octanol–water partition coefficient (Wildman–Crippen LogP) is 2.08. The molecule has 8 heavy (non-hydrogen) atoms. The minimum atomic E-state index is 0.571. The fraction of sp³-hybridized carbons (Fsp3) is 0. The van der Waals surface area contributed by atoms with Crippen molar-refractivity contribution >= 4 is 31.7 Å². The van der Waals surface area contributed by atoms with Crippen LogP contribution in [-0.2, 0) is 0 Å². The van der Waals surface area contributed by atoms with Crippen LogP contribution in [0.2, 0.25) is 0 Å². The second-order valence-corrected chi connectivity index (χ2v) is 4.81. The number of hydrogen-bond acceptors (Lipinski definition) is 1. The van der Waals surface area contributed by atoms with Gasteiger partial charge in [0, 0.05) is 23.2 Å². The molecule has 0 spiro atoms. The Morgan fingerprint density at radius 2 is 2.75 bits per heavy atom. The van der Waals surface area contributed by atoms with Gasteiger partial charge in [0.2, 0.25) is 0 Å². The van der Waals surface area contributed by atoms with Gasteiger partial charge in [-0.2, -0.15) is 4.51 Å². The van der Waals surface area contributed by atoms with E-state index in [0.29, 0.717) is 17.0 Å². The molecule has 0 aliphatic heterocycles. The van der Waals surface area contributed by atoms with Crippen LogP contribution < -0.4 is 0 Å². The maximum absolute atomic E-state index is 4.08. The van der Waals surface area contributed by atoms with Crippen molar-refractivity contribution in [1.82, 2.24) is 13.1 Å². The Hall–Kier alpha value is 0.0400. The van der Waals surface area contributed by atoms with E-state index in [1.165, 1.54) is 0 Å². The molecule has 3 nitrogen and oxygen atoms in total. The third-order valence-corrected chi connectivity index (χ3v) is 3.62. The summed E-state index contributed by atoms with van der Waals surface area (Å²) in [6, 6.07) is 0. The number of hydrogen-bond donors (Lipinski definition) is 1. The van der Waals surface area contributed by atoms with Gasteiger partial charge in [-0.15, -0.1) is 0 Å². The summed E-state index contributed by atoms with van der Waals surface area (Å²) in [6.45, 7) is 3.62. The highest BCUT2D eigenvalue weighted by atomic mass is 31.1. The van der Waals surface area contributed by atoms with Crippen LogP contribution in [0.15, 0.2) is 6.58 Å². The Morgan fingerprint density at radius 1 is 1.88 bits per heavy atom. The van der Waals surface area contributed by atoms with Crippen LogP contribution in [0.4, 0.5) is 0 Å². The standard InChI is InChI=1S/C2H6N3P3/c1-2-5-7-3-6-4-8-5/h2,7-8H,1H2,(H,3,4). The van der Waals surface area contributed by atoms with E-state index in [1.807, 2.05) is 6.20 Å². The molecule has 1 heterocycles. The Bertz CT molecular complexity index is 175. The summed E-state index contributed by atoms with van der Waals surface area (Å²) < 4.78 is 9.21. The number of nitrogens with one attached hydrogen (secondary N) is 1. The minimum absolute atomic E-state index is 0.571. The third kappa shape index (κ3) is 1.52. The van der Waals surface area contributed by atoms with Gasteiger partial charge in [0.1, 0.15) is 8.51 Å². The van der Waals surface area contributed by atoms with Crippen molar-refractivity contribution in [2.45, 2.75) is 0 Å². The maximum atomic E-state index is 4.08. The second-order valence-electron chi connectivity index (χ2n) is 1.08. The second kappa shape index (κ2) is 3.14. The molecule has 44 valence electrons. The minimum Gasteiger partial charge on any atom is -0.301 e. The van der Waals surface area contributed by atoms with Gasteiger partial charge in [-0.3, -0.25) is 4.09 Å². The van der Waals surface area contributed by atoms with E-state index in [4.69, 9.17) is 0 Å². The van der Waals surface area contributed by atoms with Crippen molar-refractivity contribution in [2.24, 2.45) is 0 Å². The van der Waals surface area contributed by atoms with Crippen molar-refractivity contribution in [1.29, 1.82) is 0 Å². The lowest BCUT2D eigenvalue weighted by Crippen LogP contribution is -1.68. The van der Waals surface area contributed by atoms with Crippen molar-refractivity contribution in [3.05, 3.63) is 6.58 Å². The number of rotatable bonds is 1. The van der Waals surface area contributed by atoms with E-state index in [2.05, 4.69) is 19.7 Å². The summed E-state index contributed by atoms with van der Waals surface area (Å²) in [4.78, 5) is 0. The van der Waals surface area contributed by atoms with E-state index >= 15 is 0 Å². The summed E-state index contributed by atoms with van der Waals surface area (Å²) in [5.41, 5.74) is 0. The van der Waals surface area contributed by atoms with Gasteiger partial charge in [-0.25, -0.2) is 0 Å². The Kier molecular flexibility index (Phi) is 2.42. The van der Waals surface area contributed by atoms with E-state index in [0.717, 1.165) is 8.51 Å². The van der Waals surface area contributed by atoms with E-state index in [1.54, 1.807) is 0 Å². The molecule has 2 unspecified atom stereocenters. The highest BCUT2D eigenvalue weighted by molar-refractivity contribution is 7.44. The van der Waals surface area contributed by atoms with E-state index < -0.39 is 0 Å². The fourth-order valence-corrected chi connectivity index (χ4v) is 3.33. The number of H-pyrrole nitrogens is 1.